The lowest BCUT2D eigenvalue weighted by atomic mass is 9.88. The minimum absolute atomic E-state index is 0.281. The van der Waals surface area contributed by atoms with Gasteiger partial charge in [0.2, 0.25) is 0 Å². The van der Waals surface area contributed by atoms with Crippen LogP contribution in [-0.4, -0.2) is 5.78 Å². The molecule has 1 unspecified atom stereocenters. The fourth-order valence-electron chi connectivity index (χ4n) is 3.26. The second-order valence-electron chi connectivity index (χ2n) is 4.74. The van der Waals surface area contributed by atoms with Crippen molar-refractivity contribution < 1.29 is 4.79 Å². The Hall–Kier alpha value is -0.850. The predicted octanol–water partition coefficient (Wildman–Crippen LogP) is 3.51. The van der Waals surface area contributed by atoms with Crippen LogP contribution in [0.3, 0.4) is 0 Å². The van der Waals surface area contributed by atoms with Crippen LogP contribution in [-0.2, 0) is 4.79 Å². The number of hydrogen-bond acceptors (Lipinski definition) is 1. The SMILES string of the molecule is CCC(CC)=C1[C@H]2C=C[C@@H]1C(C(C)=O)C2. The van der Waals surface area contributed by atoms with Crippen LogP contribution in [0.2, 0.25) is 0 Å². The molecule has 0 heterocycles. The summed E-state index contributed by atoms with van der Waals surface area (Å²) in [6, 6.07) is 0. The molecule has 2 aliphatic rings. The first-order chi connectivity index (χ1) is 7.19. The molecule has 0 aromatic carbocycles. The minimum Gasteiger partial charge on any atom is -0.300 e. The van der Waals surface area contributed by atoms with Gasteiger partial charge >= 0.3 is 0 Å². The smallest absolute Gasteiger partial charge is 0.133 e. The summed E-state index contributed by atoms with van der Waals surface area (Å²) in [5.41, 5.74) is 3.17. The highest BCUT2D eigenvalue weighted by molar-refractivity contribution is 5.80. The molecule has 2 bridgehead atoms. The summed E-state index contributed by atoms with van der Waals surface area (Å²) in [5.74, 6) is 1.68. The van der Waals surface area contributed by atoms with E-state index in [0.29, 0.717) is 17.6 Å². The van der Waals surface area contributed by atoms with Gasteiger partial charge in [-0.15, -0.1) is 0 Å². The van der Waals surface area contributed by atoms with Gasteiger partial charge in [-0.05, 0) is 32.1 Å². The number of allylic oxidation sites excluding steroid dienone is 4. The lowest BCUT2D eigenvalue weighted by Gasteiger charge is -2.15. The molecule has 2 rings (SSSR count). The Kier molecular flexibility index (Phi) is 2.81. The van der Waals surface area contributed by atoms with Gasteiger partial charge in [0.25, 0.3) is 0 Å². The zero-order chi connectivity index (χ0) is 11.0. The molecule has 0 amide bonds. The summed E-state index contributed by atoms with van der Waals surface area (Å²) in [4.78, 5) is 11.5. The molecule has 0 aromatic rings. The number of ketones is 1. The number of Topliss-reactive ketones (excluding diaryl/α,β-unsaturated/α-hetero) is 1. The largest absolute Gasteiger partial charge is 0.300 e. The molecule has 0 aromatic heterocycles. The Labute approximate surface area is 92.3 Å². The van der Waals surface area contributed by atoms with Crippen molar-refractivity contribution in [2.45, 2.75) is 40.0 Å². The molecule has 3 atom stereocenters. The fourth-order valence-corrected chi connectivity index (χ4v) is 3.26. The van der Waals surface area contributed by atoms with E-state index in [0.717, 1.165) is 19.3 Å². The van der Waals surface area contributed by atoms with Gasteiger partial charge < -0.3 is 0 Å². The van der Waals surface area contributed by atoms with Crippen LogP contribution in [0.1, 0.15) is 40.0 Å². The van der Waals surface area contributed by atoms with Gasteiger partial charge in [0.05, 0.1) is 0 Å². The molecule has 1 nitrogen and oxygen atoms in total. The third-order valence-electron chi connectivity index (χ3n) is 4.03. The average molecular weight is 204 g/mol. The van der Waals surface area contributed by atoms with Crippen molar-refractivity contribution in [3.8, 4) is 0 Å². The molecule has 0 spiro atoms. The highest BCUT2D eigenvalue weighted by atomic mass is 16.1. The summed E-state index contributed by atoms with van der Waals surface area (Å²) in [5, 5.41) is 0. The summed E-state index contributed by atoms with van der Waals surface area (Å²) in [6.07, 6.45) is 7.93. The van der Waals surface area contributed by atoms with E-state index in [1.807, 2.05) is 0 Å². The lowest BCUT2D eigenvalue weighted by Crippen LogP contribution is -2.16. The Morgan fingerprint density at radius 3 is 2.47 bits per heavy atom. The first kappa shape index (κ1) is 10.7. The molecule has 0 radical (unpaired) electrons. The van der Waals surface area contributed by atoms with E-state index in [4.69, 9.17) is 0 Å². The highest BCUT2D eigenvalue weighted by Crippen LogP contribution is 2.50. The van der Waals surface area contributed by atoms with Crippen LogP contribution < -0.4 is 0 Å². The number of carbonyl (C=O) groups excluding carboxylic acids is 1. The topological polar surface area (TPSA) is 17.1 Å². The van der Waals surface area contributed by atoms with Gasteiger partial charge in [-0.2, -0.15) is 0 Å². The predicted molar refractivity (Wildman–Crippen MR) is 62.5 cm³/mol. The van der Waals surface area contributed by atoms with Gasteiger partial charge in [-0.1, -0.05) is 37.1 Å². The third-order valence-corrected chi connectivity index (χ3v) is 4.03. The first-order valence-electron chi connectivity index (χ1n) is 6.09. The molecule has 1 fully saturated rings. The van der Waals surface area contributed by atoms with Crippen LogP contribution in [0, 0.1) is 17.8 Å². The summed E-state index contributed by atoms with van der Waals surface area (Å²) >= 11 is 0. The molecule has 1 heteroatoms. The van der Waals surface area contributed by atoms with Crippen LogP contribution in [0.5, 0.6) is 0 Å². The van der Waals surface area contributed by atoms with Crippen molar-refractivity contribution in [2.75, 3.05) is 0 Å². The molecule has 0 saturated heterocycles. The van der Waals surface area contributed by atoms with E-state index in [1.165, 1.54) is 0 Å². The number of fused-ring (bicyclic) bond motifs is 2. The maximum Gasteiger partial charge on any atom is 0.133 e. The fraction of sp³-hybridized carbons (Fsp3) is 0.643. The van der Waals surface area contributed by atoms with E-state index >= 15 is 0 Å². The normalized spacial score (nSPS) is 32.5. The van der Waals surface area contributed by atoms with E-state index in [2.05, 4.69) is 26.0 Å². The maximum atomic E-state index is 11.5. The quantitative estimate of drug-likeness (QED) is 0.643. The summed E-state index contributed by atoms with van der Waals surface area (Å²) in [6.45, 7) is 6.20. The van der Waals surface area contributed by atoms with E-state index in [9.17, 15) is 4.79 Å². The minimum atomic E-state index is 0.281. The van der Waals surface area contributed by atoms with Crippen molar-refractivity contribution in [1.29, 1.82) is 0 Å². The number of rotatable bonds is 3. The Bertz CT molecular complexity index is 329. The number of hydrogen-bond donors (Lipinski definition) is 0. The molecular formula is C14H20O. The lowest BCUT2D eigenvalue weighted by molar-refractivity contribution is -0.121. The zero-order valence-corrected chi connectivity index (χ0v) is 9.92. The molecule has 0 aliphatic heterocycles. The van der Waals surface area contributed by atoms with Gasteiger partial charge in [0.1, 0.15) is 5.78 Å². The number of carbonyl (C=O) groups is 1. The van der Waals surface area contributed by atoms with Crippen molar-refractivity contribution in [1.82, 2.24) is 0 Å². The molecule has 15 heavy (non-hydrogen) atoms. The second kappa shape index (κ2) is 3.96. The Morgan fingerprint density at radius 1 is 1.33 bits per heavy atom. The Morgan fingerprint density at radius 2 is 2.00 bits per heavy atom. The van der Waals surface area contributed by atoms with Crippen LogP contribution in [0.4, 0.5) is 0 Å². The van der Waals surface area contributed by atoms with E-state index < -0.39 is 0 Å². The maximum absolute atomic E-state index is 11.5. The van der Waals surface area contributed by atoms with Crippen molar-refractivity contribution in [2.24, 2.45) is 17.8 Å². The average Bonchev–Trinajstić information content (AvgIpc) is 2.78. The van der Waals surface area contributed by atoms with Crippen LogP contribution in [0.15, 0.2) is 23.3 Å². The van der Waals surface area contributed by atoms with Crippen molar-refractivity contribution >= 4 is 5.78 Å². The van der Waals surface area contributed by atoms with Crippen LogP contribution >= 0.6 is 0 Å². The summed E-state index contributed by atoms with van der Waals surface area (Å²) in [7, 11) is 0. The van der Waals surface area contributed by atoms with Crippen molar-refractivity contribution in [3.63, 3.8) is 0 Å². The van der Waals surface area contributed by atoms with Gasteiger partial charge in [0.15, 0.2) is 0 Å². The molecule has 82 valence electrons. The van der Waals surface area contributed by atoms with E-state index in [1.54, 1.807) is 18.1 Å². The van der Waals surface area contributed by atoms with Gasteiger partial charge in [-0.25, -0.2) is 0 Å². The van der Waals surface area contributed by atoms with Gasteiger partial charge in [0, 0.05) is 11.8 Å². The van der Waals surface area contributed by atoms with E-state index in [-0.39, 0.29) is 5.92 Å². The molecule has 2 aliphatic carbocycles. The first-order valence-corrected chi connectivity index (χ1v) is 6.09. The Balaban J connectivity index is 2.33. The van der Waals surface area contributed by atoms with Gasteiger partial charge in [-0.3, -0.25) is 4.79 Å². The summed E-state index contributed by atoms with van der Waals surface area (Å²) < 4.78 is 0. The molecular weight excluding hydrogens is 184 g/mol. The standard InChI is InChI=1S/C14H20O/c1-4-10(5-2)14-11-6-7-12(14)13(8-11)9(3)15/h6-7,11-13H,4-5,8H2,1-3H3/t11-,12+,13?/m0/s1. The zero-order valence-electron chi connectivity index (χ0n) is 9.92. The van der Waals surface area contributed by atoms with Crippen molar-refractivity contribution in [3.05, 3.63) is 23.3 Å². The monoisotopic (exact) mass is 204 g/mol. The van der Waals surface area contributed by atoms with Crippen LogP contribution in [0.25, 0.3) is 0 Å². The molecule has 0 N–H and O–H groups in total. The highest BCUT2D eigenvalue weighted by Gasteiger charge is 2.43. The third kappa shape index (κ3) is 1.58. The molecule has 1 saturated carbocycles. The second-order valence-corrected chi connectivity index (χ2v) is 4.74.